The number of fused-ring (bicyclic) bond motifs is 1. The van der Waals surface area contributed by atoms with E-state index in [-0.39, 0.29) is 18.0 Å². The SMILES string of the molecule is COc1ccc2c(NC(=O)c3ccc(N4NN(C)CC4=O)cc3F)nccc2c1. The molecule has 9 heteroatoms. The molecule has 1 saturated heterocycles. The van der Waals surface area contributed by atoms with Gasteiger partial charge in [0.05, 0.1) is 24.9 Å². The maximum atomic E-state index is 14.6. The normalized spacial score (nSPS) is 14.4. The molecule has 0 radical (unpaired) electrons. The van der Waals surface area contributed by atoms with Crippen LogP contribution in [0.1, 0.15) is 10.4 Å². The quantitative estimate of drug-likeness (QED) is 0.705. The molecule has 0 bridgehead atoms. The Kier molecular flexibility index (Phi) is 4.83. The number of nitrogens with zero attached hydrogens (tertiary/aromatic N) is 3. The number of methoxy groups -OCH3 is 1. The molecular formula is C20H18FN5O3. The van der Waals surface area contributed by atoms with E-state index in [1.807, 2.05) is 6.07 Å². The molecule has 4 rings (SSSR count). The highest BCUT2D eigenvalue weighted by Crippen LogP contribution is 2.26. The Hall–Kier alpha value is -3.56. The van der Waals surface area contributed by atoms with Crippen molar-refractivity contribution in [2.75, 3.05) is 31.0 Å². The maximum absolute atomic E-state index is 14.6. The van der Waals surface area contributed by atoms with E-state index in [0.29, 0.717) is 22.6 Å². The van der Waals surface area contributed by atoms with Gasteiger partial charge >= 0.3 is 0 Å². The van der Waals surface area contributed by atoms with Crippen LogP contribution in [-0.2, 0) is 4.79 Å². The highest BCUT2D eigenvalue weighted by Gasteiger charge is 2.27. The van der Waals surface area contributed by atoms with Crippen molar-refractivity contribution in [2.45, 2.75) is 0 Å². The predicted molar refractivity (Wildman–Crippen MR) is 106 cm³/mol. The lowest BCUT2D eigenvalue weighted by molar-refractivity contribution is -0.116. The molecule has 148 valence electrons. The maximum Gasteiger partial charge on any atom is 0.259 e. The summed E-state index contributed by atoms with van der Waals surface area (Å²) in [5, 5.41) is 6.98. The number of carbonyl (C=O) groups is 2. The first-order valence-electron chi connectivity index (χ1n) is 8.80. The van der Waals surface area contributed by atoms with E-state index in [9.17, 15) is 14.0 Å². The van der Waals surface area contributed by atoms with Crippen LogP contribution in [0.3, 0.4) is 0 Å². The van der Waals surface area contributed by atoms with E-state index >= 15 is 0 Å². The second-order valence-electron chi connectivity index (χ2n) is 6.55. The van der Waals surface area contributed by atoms with Gasteiger partial charge in [-0.05, 0) is 47.9 Å². The molecule has 3 aromatic rings. The van der Waals surface area contributed by atoms with Crippen LogP contribution in [0.2, 0.25) is 0 Å². The molecule has 2 aromatic carbocycles. The minimum atomic E-state index is -0.744. The standard InChI is InChI=1S/C20H18FN5O3/c1-25-11-18(27)26(24-25)13-3-5-16(17(21)10-13)20(28)23-19-15-6-4-14(29-2)9-12(15)7-8-22-19/h3-10,24H,11H2,1-2H3,(H,22,23,28). The fraction of sp³-hybridized carbons (Fsp3) is 0.150. The van der Waals surface area contributed by atoms with Crippen molar-refractivity contribution in [2.24, 2.45) is 0 Å². The average molecular weight is 395 g/mol. The van der Waals surface area contributed by atoms with E-state index in [1.165, 1.54) is 17.1 Å². The number of amides is 2. The van der Waals surface area contributed by atoms with Gasteiger partial charge in [0.1, 0.15) is 17.4 Å². The number of benzene rings is 2. The van der Waals surface area contributed by atoms with Crippen molar-refractivity contribution in [3.8, 4) is 5.75 Å². The summed E-state index contributed by atoms with van der Waals surface area (Å²) in [4.78, 5) is 28.8. The molecule has 29 heavy (non-hydrogen) atoms. The van der Waals surface area contributed by atoms with Crippen LogP contribution in [-0.4, -0.2) is 42.5 Å². The number of rotatable bonds is 4. The first-order chi connectivity index (χ1) is 14.0. The van der Waals surface area contributed by atoms with Gasteiger partial charge in [0.25, 0.3) is 11.8 Å². The van der Waals surface area contributed by atoms with Crippen LogP contribution in [0.4, 0.5) is 15.9 Å². The van der Waals surface area contributed by atoms with Crippen molar-refractivity contribution >= 4 is 34.1 Å². The fourth-order valence-corrected chi connectivity index (χ4v) is 3.12. The molecule has 0 unspecified atom stereocenters. The summed E-state index contributed by atoms with van der Waals surface area (Å²) >= 11 is 0. The molecule has 1 aliphatic heterocycles. The fourth-order valence-electron chi connectivity index (χ4n) is 3.12. The van der Waals surface area contributed by atoms with Crippen molar-refractivity contribution in [3.05, 3.63) is 60.0 Å². The molecule has 0 aliphatic carbocycles. The molecular weight excluding hydrogens is 377 g/mol. The van der Waals surface area contributed by atoms with E-state index in [0.717, 1.165) is 11.5 Å². The van der Waals surface area contributed by atoms with Crippen LogP contribution < -0.4 is 20.6 Å². The Bertz CT molecular complexity index is 1120. The number of pyridine rings is 1. The van der Waals surface area contributed by atoms with Crippen LogP contribution in [0.25, 0.3) is 10.8 Å². The van der Waals surface area contributed by atoms with Crippen LogP contribution in [0, 0.1) is 5.82 Å². The predicted octanol–water partition coefficient (Wildman–Crippen LogP) is 2.33. The van der Waals surface area contributed by atoms with E-state index < -0.39 is 11.7 Å². The molecule has 0 atom stereocenters. The van der Waals surface area contributed by atoms with Crippen LogP contribution >= 0.6 is 0 Å². The highest BCUT2D eigenvalue weighted by molar-refractivity contribution is 6.08. The van der Waals surface area contributed by atoms with Gasteiger partial charge in [0.2, 0.25) is 0 Å². The number of likely N-dealkylation sites (N-methyl/N-ethyl adjacent to an activating group) is 1. The number of hydrogen-bond acceptors (Lipinski definition) is 6. The number of halogens is 1. The average Bonchev–Trinajstić information content (AvgIpc) is 3.05. The molecule has 0 spiro atoms. The lowest BCUT2D eigenvalue weighted by atomic mass is 10.1. The molecule has 2 N–H and O–H groups in total. The number of nitrogens with one attached hydrogen (secondary N) is 2. The summed E-state index contributed by atoms with van der Waals surface area (Å²) in [7, 11) is 3.27. The third-order valence-corrected chi connectivity index (χ3v) is 4.55. The first-order valence-corrected chi connectivity index (χ1v) is 8.80. The monoisotopic (exact) mass is 395 g/mol. The molecule has 2 amide bonds. The molecule has 1 fully saturated rings. The largest absolute Gasteiger partial charge is 0.497 e. The van der Waals surface area contributed by atoms with Gasteiger partial charge in [-0.1, -0.05) is 0 Å². The molecule has 1 aliphatic rings. The topological polar surface area (TPSA) is 86.8 Å². The highest BCUT2D eigenvalue weighted by atomic mass is 19.1. The summed E-state index contributed by atoms with van der Waals surface area (Å²) < 4.78 is 19.8. The second-order valence-corrected chi connectivity index (χ2v) is 6.55. The van der Waals surface area contributed by atoms with Gasteiger partial charge in [-0.3, -0.25) is 9.59 Å². The van der Waals surface area contributed by atoms with Gasteiger partial charge in [-0.2, -0.15) is 5.53 Å². The number of carbonyl (C=O) groups excluding carboxylic acids is 2. The Morgan fingerprint density at radius 3 is 2.76 bits per heavy atom. The Morgan fingerprint density at radius 2 is 2.07 bits per heavy atom. The third-order valence-electron chi connectivity index (χ3n) is 4.55. The lowest BCUT2D eigenvalue weighted by Crippen LogP contribution is -2.38. The van der Waals surface area contributed by atoms with Gasteiger partial charge < -0.3 is 10.1 Å². The zero-order chi connectivity index (χ0) is 20.5. The van der Waals surface area contributed by atoms with Crippen LogP contribution in [0.15, 0.2) is 48.7 Å². The molecule has 0 saturated carbocycles. The Morgan fingerprint density at radius 1 is 1.24 bits per heavy atom. The first kappa shape index (κ1) is 18.8. The second kappa shape index (κ2) is 7.46. The van der Waals surface area contributed by atoms with Gasteiger partial charge in [0, 0.05) is 18.6 Å². The number of aromatic nitrogens is 1. The Balaban J connectivity index is 1.59. The minimum absolute atomic E-state index is 0.152. The number of hydrogen-bond donors (Lipinski definition) is 2. The lowest BCUT2D eigenvalue weighted by Gasteiger charge is -2.17. The molecule has 8 nitrogen and oxygen atoms in total. The number of hydrazine groups is 2. The summed E-state index contributed by atoms with van der Waals surface area (Å²) in [6, 6.07) is 11.1. The van der Waals surface area contributed by atoms with E-state index in [2.05, 4.69) is 15.8 Å². The minimum Gasteiger partial charge on any atom is -0.497 e. The molecule has 2 heterocycles. The van der Waals surface area contributed by atoms with Crippen molar-refractivity contribution in [3.63, 3.8) is 0 Å². The van der Waals surface area contributed by atoms with Gasteiger partial charge in [-0.25, -0.2) is 19.4 Å². The summed E-state index contributed by atoms with van der Waals surface area (Å²) in [6.07, 6.45) is 1.55. The smallest absolute Gasteiger partial charge is 0.259 e. The van der Waals surface area contributed by atoms with Gasteiger partial charge in [-0.15, -0.1) is 0 Å². The number of anilines is 2. The van der Waals surface area contributed by atoms with Crippen molar-refractivity contribution in [1.29, 1.82) is 0 Å². The summed E-state index contributed by atoms with van der Waals surface area (Å²) in [6.45, 7) is 0.168. The number of ether oxygens (including phenoxy) is 1. The van der Waals surface area contributed by atoms with Crippen molar-refractivity contribution < 1.29 is 18.7 Å². The zero-order valence-electron chi connectivity index (χ0n) is 15.8. The zero-order valence-corrected chi connectivity index (χ0v) is 15.8. The summed E-state index contributed by atoms with van der Waals surface area (Å²) in [5.41, 5.74) is 2.95. The third kappa shape index (κ3) is 3.60. The van der Waals surface area contributed by atoms with Crippen LogP contribution in [0.5, 0.6) is 5.75 Å². The van der Waals surface area contributed by atoms with Crippen molar-refractivity contribution in [1.82, 2.24) is 15.5 Å². The van der Waals surface area contributed by atoms with E-state index in [1.54, 1.807) is 43.6 Å². The summed E-state index contributed by atoms with van der Waals surface area (Å²) in [5.74, 6) is -0.608. The molecule has 1 aromatic heterocycles. The van der Waals surface area contributed by atoms with Gasteiger partial charge in [0.15, 0.2) is 0 Å². The Labute approximate surface area is 165 Å². The van der Waals surface area contributed by atoms with E-state index in [4.69, 9.17) is 4.74 Å².